The van der Waals surface area contributed by atoms with E-state index in [0.29, 0.717) is 5.57 Å². The van der Waals surface area contributed by atoms with Gasteiger partial charge in [0.15, 0.2) is 0 Å². The van der Waals surface area contributed by atoms with Gasteiger partial charge in [-0.2, -0.15) is 0 Å². The molecule has 0 amide bonds. The molecule has 0 aromatic carbocycles. The molecule has 0 saturated carbocycles. The number of hydrogen-bond donors (Lipinski definition) is 0. The topological polar surface area (TPSA) is 17.1 Å². The van der Waals surface area contributed by atoms with E-state index in [4.69, 9.17) is 0 Å². The van der Waals surface area contributed by atoms with Crippen LogP contribution < -0.4 is 0 Å². The first-order valence-electron chi connectivity index (χ1n) is 3.73. The van der Waals surface area contributed by atoms with E-state index < -0.39 is 0 Å². The molecule has 0 aliphatic heterocycles. The SMILES string of the molecule is C=C(C=O)/C=C\CC/C=C\C. The first-order valence-corrected chi connectivity index (χ1v) is 3.73. The molecular weight excluding hydrogens is 136 g/mol. The van der Waals surface area contributed by atoms with Gasteiger partial charge in [0, 0.05) is 5.57 Å². The third kappa shape index (κ3) is 6.78. The van der Waals surface area contributed by atoms with Crippen LogP contribution in [-0.4, -0.2) is 6.29 Å². The molecule has 0 spiro atoms. The Balaban J connectivity index is 3.44. The standard InChI is InChI=1S/C10H14O/c1-3-4-5-6-7-8-10(2)9-11/h3-4,7-9H,2,5-6H2,1H3/b4-3-,8-7-. The molecule has 0 atom stereocenters. The summed E-state index contributed by atoms with van der Waals surface area (Å²) in [5, 5.41) is 0. The predicted molar refractivity (Wildman–Crippen MR) is 48.4 cm³/mol. The normalized spacial score (nSPS) is 11.0. The summed E-state index contributed by atoms with van der Waals surface area (Å²) in [7, 11) is 0. The zero-order valence-electron chi connectivity index (χ0n) is 6.92. The molecule has 0 radical (unpaired) electrons. The molecule has 0 aliphatic carbocycles. The zero-order valence-corrected chi connectivity index (χ0v) is 6.92. The summed E-state index contributed by atoms with van der Waals surface area (Å²) in [5.74, 6) is 0. The van der Waals surface area contributed by atoms with Crippen molar-refractivity contribution in [1.29, 1.82) is 0 Å². The van der Waals surface area contributed by atoms with Crippen molar-refractivity contribution in [1.82, 2.24) is 0 Å². The second-order valence-corrected chi connectivity index (χ2v) is 2.24. The number of carbonyl (C=O) groups is 1. The maximum absolute atomic E-state index is 10.1. The van der Waals surface area contributed by atoms with Crippen molar-refractivity contribution in [3.05, 3.63) is 36.5 Å². The third-order valence-corrected chi connectivity index (χ3v) is 1.22. The van der Waals surface area contributed by atoms with Crippen molar-refractivity contribution < 1.29 is 4.79 Å². The van der Waals surface area contributed by atoms with Gasteiger partial charge in [0.2, 0.25) is 0 Å². The Kier molecular flexibility index (Phi) is 6.30. The summed E-state index contributed by atoms with van der Waals surface area (Å²) in [5.41, 5.74) is 0.533. The summed E-state index contributed by atoms with van der Waals surface area (Å²) in [6.45, 7) is 5.51. The smallest absolute Gasteiger partial charge is 0.149 e. The molecule has 0 N–H and O–H groups in total. The predicted octanol–water partition coefficient (Wildman–Crippen LogP) is 2.65. The molecule has 11 heavy (non-hydrogen) atoms. The average molecular weight is 150 g/mol. The fraction of sp³-hybridized carbons (Fsp3) is 0.300. The van der Waals surface area contributed by atoms with Crippen LogP contribution in [0.3, 0.4) is 0 Å². The first-order chi connectivity index (χ1) is 5.31. The highest BCUT2D eigenvalue weighted by Crippen LogP contribution is 1.95. The fourth-order valence-electron chi connectivity index (χ4n) is 0.633. The van der Waals surface area contributed by atoms with E-state index >= 15 is 0 Å². The number of allylic oxidation sites excluding steroid dienone is 5. The van der Waals surface area contributed by atoms with Crippen molar-refractivity contribution in [2.45, 2.75) is 19.8 Å². The van der Waals surface area contributed by atoms with Crippen LogP contribution in [0.2, 0.25) is 0 Å². The van der Waals surface area contributed by atoms with Crippen molar-refractivity contribution in [3.63, 3.8) is 0 Å². The van der Waals surface area contributed by atoms with Crippen molar-refractivity contribution >= 4 is 6.29 Å². The van der Waals surface area contributed by atoms with Gasteiger partial charge in [-0.3, -0.25) is 4.79 Å². The average Bonchev–Trinajstić information content (AvgIpc) is 2.04. The largest absolute Gasteiger partial charge is 0.298 e. The molecule has 60 valence electrons. The van der Waals surface area contributed by atoms with Gasteiger partial charge >= 0.3 is 0 Å². The summed E-state index contributed by atoms with van der Waals surface area (Å²) >= 11 is 0. The Bertz CT molecular complexity index is 175. The van der Waals surface area contributed by atoms with E-state index in [1.54, 1.807) is 6.08 Å². The lowest BCUT2D eigenvalue weighted by Crippen LogP contribution is -1.73. The lowest BCUT2D eigenvalue weighted by molar-refractivity contribution is -0.104. The van der Waals surface area contributed by atoms with Crippen molar-refractivity contribution in [2.24, 2.45) is 0 Å². The Morgan fingerprint density at radius 3 is 2.55 bits per heavy atom. The summed E-state index contributed by atoms with van der Waals surface area (Å²) < 4.78 is 0. The molecule has 0 unspecified atom stereocenters. The van der Waals surface area contributed by atoms with Gasteiger partial charge in [-0.05, 0) is 19.8 Å². The van der Waals surface area contributed by atoms with E-state index in [2.05, 4.69) is 12.7 Å². The highest BCUT2D eigenvalue weighted by Gasteiger charge is 1.80. The number of rotatable bonds is 5. The zero-order chi connectivity index (χ0) is 8.53. The minimum atomic E-state index is 0.533. The number of unbranched alkanes of at least 4 members (excludes halogenated alkanes) is 1. The molecule has 0 saturated heterocycles. The second-order valence-electron chi connectivity index (χ2n) is 2.24. The summed E-state index contributed by atoms with van der Waals surface area (Å²) in [6.07, 6.45) is 10.6. The lowest BCUT2D eigenvalue weighted by Gasteiger charge is -1.85. The van der Waals surface area contributed by atoms with Crippen LogP contribution >= 0.6 is 0 Å². The molecule has 0 bridgehead atoms. The molecule has 0 fully saturated rings. The van der Waals surface area contributed by atoms with Crippen LogP contribution in [0.25, 0.3) is 0 Å². The summed E-state index contributed by atoms with van der Waals surface area (Å²) in [6, 6.07) is 0. The Labute approximate surface area is 68.1 Å². The van der Waals surface area contributed by atoms with Gasteiger partial charge in [-0.15, -0.1) is 0 Å². The molecule has 0 heterocycles. The Morgan fingerprint density at radius 1 is 1.36 bits per heavy atom. The second kappa shape index (κ2) is 7.00. The Morgan fingerprint density at radius 2 is 2.00 bits per heavy atom. The highest BCUT2D eigenvalue weighted by atomic mass is 16.1. The van der Waals surface area contributed by atoms with Gasteiger partial charge in [0.25, 0.3) is 0 Å². The molecule has 0 rings (SSSR count). The minimum Gasteiger partial charge on any atom is -0.298 e. The highest BCUT2D eigenvalue weighted by molar-refractivity contribution is 5.76. The first kappa shape index (κ1) is 9.89. The number of hydrogen-bond acceptors (Lipinski definition) is 1. The van der Waals surface area contributed by atoms with E-state index in [9.17, 15) is 4.79 Å². The molecular formula is C10H14O. The van der Waals surface area contributed by atoms with Crippen molar-refractivity contribution in [3.8, 4) is 0 Å². The van der Waals surface area contributed by atoms with Crippen LogP contribution in [0.1, 0.15) is 19.8 Å². The number of carbonyl (C=O) groups excluding carboxylic acids is 1. The molecule has 1 heteroatoms. The van der Waals surface area contributed by atoms with E-state index in [0.717, 1.165) is 19.1 Å². The molecule has 0 aromatic rings. The van der Waals surface area contributed by atoms with Gasteiger partial charge in [0.05, 0.1) is 0 Å². The third-order valence-electron chi connectivity index (χ3n) is 1.22. The van der Waals surface area contributed by atoms with Crippen LogP contribution in [-0.2, 0) is 4.79 Å². The van der Waals surface area contributed by atoms with Crippen LogP contribution in [0.5, 0.6) is 0 Å². The van der Waals surface area contributed by atoms with Crippen molar-refractivity contribution in [2.75, 3.05) is 0 Å². The monoisotopic (exact) mass is 150 g/mol. The fourth-order valence-corrected chi connectivity index (χ4v) is 0.633. The lowest BCUT2D eigenvalue weighted by atomic mass is 10.2. The van der Waals surface area contributed by atoms with Crippen LogP contribution in [0.15, 0.2) is 36.5 Å². The van der Waals surface area contributed by atoms with Crippen LogP contribution in [0.4, 0.5) is 0 Å². The maximum atomic E-state index is 10.1. The van der Waals surface area contributed by atoms with Gasteiger partial charge in [-0.1, -0.05) is 30.9 Å². The van der Waals surface area contributed by atoms with E-state index in [1.165, 1.54) is 0 Å². The quantitative estimate of drug-likeness (QED) is 0.193. The van der Waals surface area contributed by atoms with Gasteiger partial charge in [-0.25, -0.2) is 0 Å². The molecule has 1 nitrogen and oxygen atoms in total. The number of aldehydes is 1. The minimum absolute atomic E-state index is 0.533. The molecule has 0 aromatic heterocycles. The van der Waals surface area contributed by atoms with Gasteiger partial charge in [0.1, 0.15) is 6.29 Å². The van der Waals surface area contributed by atoms with E-state index in [-0.39, 0.29) is 0 Å². The molecule has 0 aliphatic rings. The summed E-state index contributed by atoms with van der Waals surface area (Å²) in [4.78, 5) is 10.1. The Hall–Kier alpha value is -1.11. The maximum Gasteiger partial charge on any atom is 0.149 e. The van der Waals surface area contributed by atoms with E-state index in [1.807, 2.05) is 19.1 Å². The van der Waals surface area contributed by atoms with Crippen LogP contribution in [0, 0.1) is 0 Å². The van der Waals surface area contributed by atoms with Gasteiger partial charge < -0.3 is 0 Å².